The molecule has 1 fully saturated rings. The highest BCUT2D eigenvalue weighted by atomic mass is 79.9. The molecular formula is C28H30BrN3O5S. The largest absolute Gasteiger partial charge is 0.496 e. The Morgan fingerprint density at radius 3 is 2.74 bits per heavy atom. The predicted molar refractivity (Wildman–Crippen MR) is 150 cm³/mol. The lowest BCUT2D eigenvalue weighted by molar-refractivity contribution is -0.139. The lowest BCUT2D eigenvalue weighted by atomic mass is 9.95. The van der Waals surface area contributed by atoms with Crippen LogP contribution in [0.1, 0.15) is 51.0 Å². The van der Waals surface area contributed by atoms with Crippen LogP contribution in [0.5, 0.6) is 5.75 Å². The summed E-state index contributed by atoms with van der Waals surface area (Å²) in [6, 6.07) is 8.59. The van der Waals surface area contributed by atoms with Gasteiger partial charge in [-0.2, -0.15) is 0 Å². The van der Waals surface area contributed by atoms with Crippen LogP contribution in [0.3, 0.4) is 0 Å². The van der Waals surface area contributed by atoms with Crippen molar-refractivity contribution in [3.8, 4) is 5.75 Å². The van der Waals surface area contributed by atoms with Crippen molar-refractivity contribution in [3.05, 3.63) is 77.1 Å². The molecule has 1 aromatic carbocycles. The summed E-state index contributed by atoms with van der Waals surface area (Å²) < 4.78 is 19.9. The van der Waals surface area contributed by atoms with Crippen LogP contribution in [0.25, 0.3) is 6.08 Å². The monoisotopic (exact) mass is 599 g/mol. The number of hydrogen-bond donors (Lipinski definition) is 0. The number of carbonyl (C=O) groups is 1. The van der Waals surface area contributed by atoms with Gasteiger partial charge in [-0.3, -0.25) is 9.36 Å². The molecule has 10 heteroatoms. The van der Waals surface area contributed by atoms with E-state index in [1.165, 1.54) is 11.3 Å². The van der Waals surface area contributed by atoms with Crippen LogP contribution in [-0.4, -0.2) is 37.3 Å². The van der Waals surface area contributed by atoms with Gasteiger partial charge in [0.25, 0.3) is 5.56 Å². The molecule has 2 aliphatic heterocycles. The van der Waals surface area contributed by atoms with E-state index >= 15 is 0 Å². The van der Waals surface area contributed by atoms with Crippen molar-refractivity contribution in [2.75, 3.05) is 31.7 Å². The third-order valence-corrected chi connectivity index (χ3v) is 8.46. The number of esters is 1. The highest BCUT2D eigenvalue weighted by Crippen LogP contribution is 2.37. The van der Waals surface area contributed by atoms with Crippen molar-refractivity contribution in [2.24, 2.45) is 10.9 Å². The van der Waals surface area contributed by atoms with Gasteiger partial charge >= 0.3 is 5.97 Å². The molecule has 0 radical (unpaired) electrons. The predicted octanol–water partition coefficient (Wildman–Crippen LogP) is 4.40. The van der Waals surface area contributed by atoms with Crippen molar-refractivity contribution >= 4 is 45.2 Å². The summed E-state index contributed by atoms with van der Waals surface area (Å²) in [5.74, 6) is 2.18. The lowest BCUT2D eigenvalue weighted by Gasteiger charge is -2.29. The van der Waals surface area contributed by atoms with E-state index in [9.17, 15) is 9.59 Å². The molecule has 0 aliphatic carbocycles. The second-order valence-electron chi connectivity index (χ2n) is 9.53. The molecule has 4 heterocycles. The minimum Gasteiger partial charge on any atom is -0.496 e. The fraction of sp³-hybridized carbons (Fsp3) is 0.393. The standard InChI is InChI=1S/C28H30BrN3O5S/c1-5-36-27(34)24-17(3)30-28-32(25(24)20-14-18(29)6-8-21(20)35-4)26(33)22(38-28)15-19-7-9-23(37-19)31-12-10-16(2)11-13-31/h6-9,14-16,25H,5,10-13H2,1-4H3/b22-15-/t25-/m0/s1. The number of fused-ring (bicyclic) bond motifs is 1. The first-order valence-electron chi connectivity index (χ1n) is 12.7. The number of hydrogen-bond acceptors (Lipinski definition) is 8. The van der Waals surface area contributed by atoms with E-state index in [0.717, 1.165) is 42.2 Å². The van der Waals surface area contributed by atoms with Crippen LogP contribution in [0.2, 0.25) is 0 Å². The van der Waals surface area contributed by atoms with E-state index < -0.39 is 12.0 Å². The highest BCUT2D eigenvalue weighted by Gasteiger charge is 2.35. The van der Waals surface area contributed by atoms with Crippen LogP contribution in [-0.2, 0) is 9.53 Å². The molecule has 1 atom stereocenters. The van der Waals surface area contributed by atoms with Crippen LogP contribution in [0.4, 0.5) is 5.88 Å². The number of anilines is 1. The van der Waals surface area contributed by atoms with Gasteiger partial charge < -0.3 is 18.8 Å². The van der Waals surface area contributed by atoms with Gasteiger partial charge in [0, 0.05) is 35.3 Å². The van der Waals surface area contributed by atoms with E-state index in [2.05, 4.69) is 32.7 Å². The van der Waals surface area contributed by atoms with Gasteiger partial charge in [-0.05, 0) is 56.9 Å². The second kappa shape index (κ2) is 10.9. The first-order chi connectivity index (χ1) is 18.3. The molecule has 200 valence electrons. The Morgan fingerprint density at radius 1 is 1.26 bits per heavy atom. The number of halogens is 1. The third kappa shape index (κ3) is 4.99. The van der Waals surface area contributed by atoms with Gasteiger partial charge in [-0.1, -0.05) is 34.2 Å². The Labute approximate surface area is 233 Å². The number of aromatic nitrogens is 1. The van der Waals surface area contributed by atoms with Crippen LogP contribution in [0.15, 0.2) is 60.3 Å². The third-order valence-electron chi connectivity index (χ3n) is 6.98. The Balaban J connectivity index is 1.62. The van der Waals surface area contributed by atoms with Gasteiger partial charge in [0.2, 0.25) is 0 Å². The number of nitrogens with zero attached hydrogens (tertiary/aromatic N) is 3. The van der Waals surface area contributed by atoms with E-state index in [4.69, 9.17) is 13.9 Å². The fourth-order valence-corrected chi connectivity index (χ4v) is 6.36. The first-order valence-corrected chi connectivity index (χ1v) is 14.3. The van der Waals surface area contributed by atoms with Gasteiger partial charge in [-0.25, -0.2) is 9.79 Å². The average Bonchev–Trinajstić information content (AvgIpc) is 3.48. The Kier molecular flexibility index (Phi) is 7.63. The molecule has 0 spiro atoms. The summed E-state index contributed by atoms with van der Waals surface area (Å²) in [4.78, 5) is 34.4. The van der Waals surface area contributed by atoms with Crippen molar-refractivity contribution in [1.82, 2.24) is 4.57 Å². The molecule has 1 saturated heterocycles. The molecule has 0 saturated carbocycles. The Morgan fingerprint density at radius 2 is 2.03 bits per heavy atom. The van der Waals surface area contributed by atoms with Crippen LogP contribution < -0.4 is 24.5 Å². The van der Waals surface area contributed by atoms with Crippen molar-refractivity contribution in [2.45, 2.75) is 39.7 Å². The number of allylic oxidation sites excluding steroid dienone is 1. The van der Waals surface area contributed by atoms with E-state index in [1.807, 2.05) is 24.3 Å². The minimum absolute atomic E-state index is 0.207. The van der Waals surface area contributed by atoms with E-state index in [1.54, 1.807) is 37.7 Å². The number of benzene rings is 1. The number of piperidine rings is 1. The maximum absolute atomic E-state index is 13.9. The second-order valence-corrected chi connectivity index (χ2v) is 11.5. The molecule has 3 aromatic rings. The molecule has 0 N–H and O–H groups in total. The number of ether oxygens (including phenoxy) is 2. The highest BCUT2D eigenvalue weighted by molar-refractivity contribution is 9.10. The fourth-order valence-electron chi connectivity index (χ4n) is 4.95. The number of rotatable bonds is 6. The first kappa shape index (κ1) is 26.5. The summed E-state index contributed by atoms with van der Waals surface area (Å²) in [5, 5.41) is 0. The molecule has 0 unspecified atom stereocenters. The number of carbonyl (C=O) groups excluding carboxylic acids is 1. The number of methoxy groups -OCH3 is 1. The maximum atomic E-state index is 13.9. The quantitative estimate of drug-likeness (QED) is 0.390. The normalized spacial score (nSPS) is 18.4. The zero-order valence-electron chi connectivity index (χ0n) is 21.8. The number of thiazole rings is 1. The Bertz CT molecular complexity index is 1580. The van der Waals surface area contributed by atoms with E-state index in [0.29, 0.717) is 37.7 Å². The molecule has 2 aliphatic rings. The van der Waals surface area contributed by atoms with E-state index in [-0.39, 0.29) is 12.2 Å². The average molecular weight is 601 g/mol. The molecule has 5 rings (SSSR count). The molecule has 0 bridgehead atoms. The lowest BCUT2D eigenvalue weighted by Crippen LogP contribution is -2.40. The van der Waals surface area contributed by atoms with Gasteiger partial charge in [0.15, 0.2) is 10.7 Å². The molecule has 0 amide bonds. The zero-order valence-corrected chi connectivity index (χ0v) is 24.2. The summed E-state index contributed by atoms with van der Waals surface area (Å²) in [7, 11) is 1.56. The molecule has 2 aromatic heterocycles. The van der Waals surface area contributed by atoms with Crippen molar-refractivity contribution in [3.63, 3.8) is 0 Å². The van der Waals surface area contributed by atoms with Gasteiger partial charge in [-0.15, -0.1) is 0 Å². The Hall–Kier alpha value is -3.11. The summed E-state index contributed by atoms with van der Waals surface area (Å²) in [5.41, 5.74) is 1.20. The van der Waals surface area contributed by atoms with Crippen LogP contribution in [0, 0.1) is 5.92 Å². The minimum atomic E-state index is -0.762. The van der Waals surface area contributed by atoms with Gasteiger partial charge in [0.05, 0.1) is 29.5 Å². The molecule has 8 nitrogen and oxygen atoms in total. The molecule has 38 heavy (non-hydrogen) atoms. The smallest absolute Gasteiger partial charge is 0.338 e. The summed E-state index contributed by atoms with van der Waals surface area (Å²) in [6.45, 7) is 7.91. The zero-order chi connectivity index (χ0) is 27.0. The maximum Gasteiger partial charge on any atom is 0.338 e. The van der Waals surface area contributed by atoms with Crippen molar-refractivity contribution in [1.29, 1.82) is 0 Å². The molecular weight excluding hydrogens is 570 g/mol. The van der Waals surface area contributed by atoms with Gasteiger partial charge in [0.1, 0.15) is 17.6 Å². The summed E-state index contributed by atoms with van der Waals surface area (Å²) in [6.07, 6.45) is 4.02. The SMILES string of the molecule is CCOC(=O)C1=C(C)N=c2s/c(=C\c3ccc(N4CCC(C)CC4)o3)c(=O)n2[C@H]1c1cc(Br)ccc1OC. The van der Waals surface area contributed by atoms with Crippen molar-refractivity contribution < 1.29 is 18.7 Å². The van der Waals surface area contributed by atoms with Crippen LogP contribution >= 0.6 is 27.3 Å². The summed E-state index contributed by atoms with van der Waals surface area (Å²) >= 11 is 4.79. The topological polar surface area (TPSA) is 86.3 Å². The number of furan rings is 1.